The first-order chi connectivity index (χ1) is 24.3. The van der Waals surface area contributed by atoms with Gasteiger partial charge in [-0.2, -0.15) is 0 Å². The van der Waals surface area contributed by atoms with E-state index in [4.69, 9.17) is 4.42 Å². The molecule has 0 radical (unpaired) electrons. The number of furan rings is 1. The van der Waals surface area contributed by atoms with Gasteiger partial charge in [-0.1, -0.05) is 152 Å². The maximum atomic E-state index is 6.56. The molecule has 0 aliphatic heterocycles. The van der Waals surface area contributed by atoms with Gasteiger partial charge in [0.2, 0.25) is 0 Å². The third kappa shape index (κ3) is 3.70. The molecule has 0 atom stereocenters. The Bertz CT molecular complexity index is 3090. The molecule has 0 aliphatic carbocycles. The molecule has 0 bridgehead atoms. The number of hydrogen-bond donors (Lipinski definition) is 0. The number of fused-ring (bicyclic) bond motifs is 12. The minimum Gasteiger partial charge on any atom is -0.456 e. The predicted molar refractivity (Wildman–Crippen MR) is 210 cm³/mol. The second-order valence-electron chi connectivity index (χ2n) is 13.1. The minimum atomic E-state index is 0.911. The average Bonchev–Trinajstić information content (AvgIpc) is 3.56. The van der Waals surface area contributed by atoms with E-state index < -0.39 is 0 Å². The van der Waals surface area contributed by atoms with E-state index in [9.17, 15) is 0 Å². The van der Waals surface area contributed by atoms with Crippen molar-refractivity contribution in [2.75, 3.05) is 0 Å². The molecular formula is C48H28O. The Morgan fingerprint density at radius 1 is 0.265 bits per heavy atom. The van der Waals surface area contributed by atoms with Crippen LogP contribution in [0.2, 0.25) is 0 Å². The van der Waals surface area contributed by atoms with Crippen LogP contribution in [0.15, 0.2) is 174 Å². The number of benzene rings is 10. The smallest absolute Gasteiger partial charge is 0.136 e. The van der Waals surface area contributed by atoms with Crippen LogP contribution in [0.25, 0.3) is 109 Å². The molecule has 49 heavy (non-hydrogen) atoms. The van der Waals surface area contributed by atoms with Gasteiger partial charge < -0.3 is 4.42 Å². The average molecular weight is 621 g/mol. The van der Waals surface area contributed by atoms with Crippen molar-refractivity contribution in [1.82, 2.24) is 0 Å². The summed E-state index contributed by atoms with van der Waals surface area (Å²) in [7, 11) is 0. The summed E-state index contributed by atoms with van der Waals surface area (Å²) in [5, 5.41) is 17.4. The topological polar surface area (TPSA) is 13.1 Å². The molecule has 0 aliphatic rings. The predicted octanol–water partition coefficient (Wildman–Crippen LogP) is 13.8. The number of hydrogen-bond acceptors (Lipinski definition) is 1. The summed E-state index contributed by atoms with van der Waals surface area (Å²) in [5.41, 5.74) is 6.80. The van der Waals surface area contributed by atoms with E-state index >= 15 is 0 Å². The summed E-state index contributed by atoms with van der Waals surface area (Å²) >= 11 is 0. The van der Waals surface area contributed by atoms with E-state index in [1.54, 1.807) is 0 Å². The lowest BCUT2D eigenvalue weighted by molar-refractivity contribution is 0.669. The molecule has 1 heteroatoms. The summed E-state index contributed by atoms with van der Waals surface area (Å²) in [6.45, 7) is 0. The van der Waals surface area contributed by atoms with Gasteiger partial charge in [-0.15, -0.1) is 0 Å². The summed E-state index contributed by atoms with van der Waals surface area (Å²) in [6.07, 6.45) is 0. The fourth-order valence-corrected chi connectivity index (χ4v) is 8.58. The van der Waals surface area contributed by atoms with E-state index in [-0.39, 0.29) is 0 Å². The van der Waals surface area contributed by atoms with Crippen LogP contribution < -0.4 is 0 Å². The molecule has 0 unspecified atom stereocenters. The van der Waals surface area contributed by atoms with Crippen molar-refractivity contribution in [2.24, 2.45) is 0 Å². The van der Waals surface area contributed by atoms with Crippen LogP contribution in [0.1, 0.15) is 0 Å². The second kappa shape index (κ2) is 10.0. The Labute approximate surface area is 282 Å². The number of rotatable bonds is 2. The van der Waals surface area contributed by atoms with Gasteiger partial charge in [0.15, 0.2) is 0 Å². The molecule has 11 rings (SSSR count). The van der Waals surface area contributed by atoms with Gasteiger partial charge in [-0.25, -0.2) is 0 Å². The Hall–Kier alpha value is -6.44. The van der Waals surface area contributed by atoms with Crippen molar-refractivity contribution >= 4 is 86.6 Å². The monoisotopic (exact) mass is 620 g/mol. The summed E-state index contributed by atoms with van der Waals surface area (Å²) in [5.74, 6) is 0. The minimum absolute atomic E-state index is 0.911. The van der Waals surface area contributed by atoms with Gasteiger partial charge in [0.25, 0.3) is 0 Å². The quantitative estimate of drug-likeness (QED) is 0.138. The highest BCUT2D eigenvalue weighted by Crippen LogP contribution is 2.49. The SMILES string of the molecule is c1ccc2c(c1)ccc1c(-c3c4ccccc4c(-c4cccc5oc6ccc7ccccc7c6c45)c4ccccc34)cc3ccccc3c12. The standard InChI is InChI=1S/C48H28O/c1-4-15-32-29(12-1)24-26-39-41(28-31-14-3-6-17-34(31)44(32)39)46-37-20-9-7-18-35(37)45(36-19-8-10-21-38(36)46)40-22-11-23-42-48(40)47-33-16-5-2-13-30(33)25-27-43(47)49-42/h1-28H. The lowest BCUT2D eigenvalue weighted by Crippen LogP contribution is -1.93. The molecule has 0 saturated heterocycles. The molecule has 0 fully saturated rings. The van der Waals surface area contributed by atoms with E-state index in [0.717, 1.165) is 11.2 Å². The molecule has 0 spiro atoms. The lowest BCUT2D eigenvalue weighted by Gasteiger charge is -2.20. The Morgan fingerprint density at radius 2 is 0.735 bits per heavy atom. The summed E-state index contributed by atoms with van der Waals surface area (Å²) in [4.78, 5) is 0. The highest BCUT2D eigenvalue weighted by Gasteiger charge is 2.22. The zero-order chi connectivity index (χ0) is 32.1. The zero-order valence-electron chi connectivity index (χ0n) is 26.6. The van der Waals surface area contributed by atoms with Crippen LogP contribution in [0, 0.1) is 0 Å². The summed E-state index contributed by atoms with van der Waals surface area (Å²) in [6, 6.07) is 62.1. The van der Waals surface area contributed by atoms with Gasteiger partial charge in [0.1, 0.15) is 11.2 Å². The van der Waals surface area contributed by atoms with E-state index in [1.165, 1.54) is 97.7 Å². The van der Waals surface area contributed by atoms with Crippen LogP contribution >= 0.6 is 0 Å². The molecule has 226 valence electrons. The molecule has 1 nitrogen and oxygen atoms in total. The largest absolute Gasteiger partial charge is 0.456 e. The van der Waals surface area contributed by atoms with Crippen molar-refractivity contribution < 1.29 is 4.42 Å². The first kappa shape index (κ1) is 26.6. The molecule has 0 N–H and O–H groups in total. The normalized spacial score (nSPS) is 12.1. The van der Waals surface area contributed by atoms with Crippen LogP contribution in [0.4, 0.5) is 0 Å². The lowest BCUT2D eigenvalue weighted by atomic mass is 9.82. The Morgan fingerprint density at radius 3 is 1.37 bits per heavy atom. The van der Waals surface area contributed by atoms with Crippen LogP contribution in [-0.4, -0.2) is 0 Å². The van der Waals surface area contributed by atoms with Gasteiger partial charge >= 0.3 is 0 Å². The molecular weight excluding hydrogens is 593 g/mol. The van der Waals surface area contributed by atoms with Crippen molar-refractivity contribution in [3.63, 3.8) is 0 Å². The van der Waals surface area contributed by atoms with Crippen molar-refractivity contribution in [3.8, 4) is 22.3 Å². The van der Waals surface area contributed by atoms with Gasteiger partial charge in [0, 0.05) is 10.8 Å². The van der Waals surface area contributed by atoms with E-state index in [1.807, 2.05) is 0 Å². The van der Waals surface area contributed by atoms with E-state index in [0.29, 0.717) is 0 Å². The van der Waals surface area contributed by atoms with Crippen LogP contribution in [0.3, 0.4) is 0 Å². The first-order valence-corrected chi connectivity index (χ1v) is 16.9. The molecule has 11 aromatic rings. The molecule has 10 aromatic carbocycles. The zero-order valence-corrected chi connectivity index (χ0v) is 26.6. The molecule has 0 saturated carbocycles. The van der Waals surface area contributed by atoms with Crippen LogP contribution in [-0.2, 0) is 0 Å². The maximum absolute atomic E-state index is 6.56. The molecule has 1 aromatic heterocycles. The highest BCUT2D eigenvalue weighted by atomic mass is 16.3. The van der Waals surface area contributed by atoms with Crippen molar-refractivity contribution in [3.05, 3.63) is 170 Å². The fourth-order valence-electron chi connectivity index (χ4n) is 8.58. The molecule has 0 amide bonds. The third-order valence-corrected chi connectivity index (χ3v) is 10.6. The third-order valence-electron chi connectivity index (χ3n) is 10.6. The van der Waals surface area contributed by atoms with Gasteiger partial charge in [-0.3, -0.25) is 0 Å². The maximum Gasteiger partial charge on any atom is 0.136 e. The highest BCUT2D eigenvalue weighted by molar-refractivity contribution is 6.31. The Kier molecular flexibility index (Phi) is 5.45. The van der Waals surface area contributed by atoms with E-state index in [2.05, 4.69) is 170 Å². The van der Waals surface area contributed by atoms with Gasteiger partial charge in [-0.05, 0) is 105 Å². The van der Waals surface area contributed by atoms with Crippen LogP contribution in [0.5, 0.6) is 0 Å². The summed E-state index contributed by atoms with van der Waals surface area (Å²) < 4.78 is 6.56. The second-order valence-corrected chi connectivity index (χ2v) is 13.1. The first-order valence-electron chi connectivity index (χ1n) is 16.9. The van der Waals surface area contributed by atoms with Gasteiger partial charge in [0.05, 0.1) is 0 Å². The molecule has 1 heterocycles. The van der Waals surface area contributed by atoms with Crippen molar-refractivity contribution in [2.45, 2.75) is 0 Å². The Balaban J connectivity index is 1.33. The van der Waals surface area contributed by atoms with Crippen molar-refractivity contribution in [1.29, 1.82) is 0 Å². The fraction of sp³-hybridized carbons (Fsp3) is 0.